The van der Waals surface area contributed by atoms with E-state index in [1.165, 1.54) is 0 Å². The van der Waals surface area contributed by atoms with Gasteiger partial charge in [0.15, 0.2) is 0 Å². The molecule has 0 radical (unpaired) electrons. The van der Waals surface area contributed by atoms with E-state index in [9.17, 15) is 5.11 Å². The lowest BCUT2D eigenvalue weighted by Gasteiger charge is -2.27. The average Bonchev–Trinajstić information content (AvgIpc) is 2.80. The molecule has 0 fully saturated rings. The number of benzene rings is 2. The number of aliphatic hydroxyl groups excluding tert-OH is 3. The third-order valence-corrected chi connectivity index (χ3v) is 5.19. The Hall–Kier alpha value is -2.16. The molecule has 0 aliphatic heterocycles. The fourth-order valence-electron chi connectivity index (χ4n) is 3.32. The van der Waals surface area contributed by atoms with Gasteiger partial charge in [-0.2, -0.15) is 0 Å². The van der Waals surface area contributed by atoms with Crippen LogP contribution in [0.3, 0.4) is 0 Å². The van der Waals surface area contributed by atoms with Crippen LogP contribution in [0.5, 0.6) is 11.5 Å². The molecule has 2 rings (SSSR count). The highest BCUT2D eigenvalue weighted by atomic mass is 16.5. The second kappa shape index (κ2) is 14.1. The molecule has 7 nitrogen and oxygen atoms in total. The van der Waals surface area contributed by atoms with E-state index in [2.05, 4.69) is 32.0 Å². The summed E-state index contributed by atoms with van der Waals surface area (Å²) in [6, 6.07) is 14.1. The van der Waals surface area contributed by atoms with Crippen molar-refractivity contribution in [1.29, 1.82) is 0 Å². The van der Waals surface area contributed by atoms with E-state index < -0.39 is 0 Å². The Labute approximate surface area is 190 Å². The second-order valence-electron chi connectivity index (χ2n) is 7.81. The fraction of sp³-hybridized carbons (Fsp3) is 0.520. The highest BCUT2D eigenvalue weighted by Crippen LogP contribution is 2.35. The average molecular weight is 449 g/mol. The molecule has 0 saturated heterocycles. The normalized spacial score (nSPS) is 11.5. The summed E-state index contributed by atoms with van der Waals surface area (Å²) < 4.78 is 22.0. The molecule has 0 unspecified atom stereocenters. The summed E-state index contributed by atoms with van der Waals surface area (Å²) in [5.74, 6) is 1.50. The lowest BCUT2D eigenvalue weighted by Crippen LogP contribution is -2.19. The number of hydrogen-bond donors (Lipinski definition) is 3. The van der Waals surface area contributed by atoms with E-state index >= 15 is 0 Å². The van der Waals surface area contributed by atoms with Crippen LogP contribution in [0.15, 0.2) is 42.5 Å². The number of rotatable bonds is 16. The largest absolute Gasteiger partial charge is 0.491 e. The van der Waals surface area contributed by atoms with E-state index in [4.69, 9.17) is 29.2 Å². The quantitative estimate of drug-likeness (QED) is 0.339. The standard InChI is InChI=1S/C25H36O7/c1-25(2,21-3-6-23(7-4-21)31-17-15-29-13-11-27)22-5-8-24(20(19-22)9-10-26)32-18-16-30-14-12-28/h3-8,19,26-28H,9-18H2,1-2H3. The van der Waals surface area contributed by atoms with E-state index in [1.54, 1.807) is 0 Å². The zero-order chi connectivity index (χ0) is 23.2. The number of aliphatic hydroxyl groups is 3. The van der Waals surface area contributed by atoms with E-state index in [0.717, 1.165) is 28.2 Å². The molecule has 32 heavy (non-hydrogen) atoms. The lowest BCUT2D eigenvalue weighted by molar-refractivity contribution is 0.0702. The van der Waals surface area contributed by atoms with E-state index in [-0.39, 0.29) is 25.2 Å². The predicted octanol–water partition coefficient (Wildman–Crippen LogP) is 2.32. The maximum absolute atomic E-state index is 9.50. The molecule has 0 saturated carbocycles. The molecule has 2 aromatic rings. The Bertz CT molecular complexity index is 774. The van der Waals surface area contributed by atoms with Gasteiger partial charge >= 0.3 is 0 Å². The minimum absolute atomic E-state index is 0.00824. The van der Waals surface area contributed by atoms with E-state index in [1.807, 2.05) is 24.3 Å². The van der Waals surface area contributed by atoms with Gasteiger partial charge in [0, 0.05) is 12.0 Å². The summed E-state index contributed by atoms with van der Waals surface area (Å²) in [6.07, 6.45) is 0.502. The van der Waals surface area contributed by atoms with Crippen molar-refractivity contribution in [3.63, 3.8) is 0 Å². The Morgan fingerprint density at radius 2 is 1.25 bits per heavy atom. The van der Waals surface area contributed by atoms with Crippen molar-refractivity contribution in [2.75, 3.05) is 59.5 Å². The van der Waals surface area contributed by atoms with E-state index in [0.29, 0.717) is 46.1 Å². The van der Waals surface area contributed by atoms with Gasteiger partial charge in [-0.25, -0.2) is 0 Å². The maximum Gasteiger partial charge on any atom is 0.122 e. The van der Waals surface area contributed by atoms with Gasteiger partial charge < -0.3 is 34.3 Å². The van der Waals surface area contributed by atoms with Crippen LogP contribution < -0.4 is 9.47 Å². The summed E-state index contributed by atoms with van der Waals surface area (Å²) >= 11 is 0. The smallest absolute Gasteiger partial charge is 0.122 e. The molecule has 0 bridgehead atoms. The fourth-order valence-corrected chi connectivity index (χ4v) is 3.32. The molecule has 0 amide bonds. The van der Waals surface area contributed by atoms with Crippen LogP contribution in [0.4, 0.5) is 0 Å². The molecule has 0 aliphatic carbocycles. The summed E-state index contributed by atoms with van der Waals surface area (Å²) in [4.78, 5) is 0. The van der Waals surface area contributed by atoms with Crippen molar-refractivity contribution >= 4 is 0 Å². The lowest BCUT2D eigenvalue weighted by atomic mass is 9.77. The summed E-state index contributed by atoms with van der Waals surface area (Å²) in [5, 5.41) is 27.0. The molecule has 0 heterocycles. The Morgan fingerprint density at radius 1 is 0.656 bits per heavy atom. The minimum atomic E-state index is -0.254. The molecule has 0 aliphatic rings. The van der Waals surface area contributed by atoms with Gasteiger partial charge in [0.05, 0.1) is 39.6 Å². The van der Waals surface area contributed by atoms with Crippen LogP contribution in [0.2, 0.25) is 0 Å². The molecule has 0 spiro atoms. The monoisotopic (exact) mass is 448 g/mol. The minimum Gasteiger partial charge on any atom is -0.491 e. The molecule has 178 valence electrons. The van der Waals surface area contributed by atoms with Gasteiger partial charge in [0.25, 0.3) is 0 Å². The van der Waals surface area contributed by atoms with Crippen molar-refractivity contribution in [2.24, 2.45) is 0 Å². The Morgan fingerprint density at radius 3 is 1.84 bits per heavy atom. The van der Waals surface area contributed by atoms with Crippen molar-refractivity contribution in [3.8, 4) is 11.5 Å². The first kappa shape index (κ1) is 26.1. The summed E-state index contributed by atoms with van der Waals surface area (Å²) in [7, 11) is 0. The molecule has 7 heteroatoms. The van der Waals surface area contributed by atoms with Crippen LogP contribution in [-0.2, 0) is 21.3 Å². The van der Waals surface area contributed by atoms with Gasteiger partial charge in [-0.1, -0.05) is 38.1 Å². The summed E-state index contributed by atoms with van der Waals surface area (Å²) in [6.45, 7) is 6.61. The van der Waals surface area contributed by atoms with Crippen LogP contribution in [0.25, 0.3) is 0 Å². The molecular formula is C25H36O7. The number of hydrogen-bond acceptors (Lipinski definition) is 7. The summed E-state index contributed by atoms with van der Waals surface area (Å²) in [5.41, 5.74) is 2.96. The molecular weight excluding hydrogens is 412 g/mol. The van der Waals surface area contributed by atoms with Crippen molar-refractivity contribution in [3.05, 3.63) is 59.2 Å². The van der Waals surface area contributed by atoms with Gasteiger partial charge in [0.1, 0.15) is 24.7 Å². The Kier molecular flexibility index (Phi) is 11.5. The first-order valence-corrected chi connectivity index (χ1v) is 11.0. The highest BCUT2D eigenvalue weighted by molar-refractivity contribution is 5.45. The van der Waals surface area contributed by atoms with Crippen LogP contribution in [0, 0.1) is 0 Å². The first-order chi connectivity index (χ1) is 15.5. The zero-order valence-electron chi connectivity index (χ0n) is 19.1. The third-order valence-electron chi connectivity index (χ3n) is 5.19. The highest BCUT2D eigenvalue weighted by Gasteiger charge is 2.24. The SMILES string of the molecule is CC(C)(c1ccc(OCCOCCO)cc1)c1ccc(OCCOCCO)c(CCO)c1. The van der Waals surface area contributed by atoms with Gasteiger partial charge in [-0.3, -0.25) is 0 Å². The van der Waals surface area contributed by atoms with Gasteiger partial charge in [-0.15, -0.1) is 0 Å². The predicted molar refractivity (Wildman–Crippen MR) is 123 cm³/mol. The van der Waals surface area contributed by atoms with Crippen LogP contribution in [0.1, 0.15) is 30.5 Å². The van der Waals surface area contributed by atoms with Crippen molar-refractivity contribution < 1.29 is 34.3 Å². The van der Waals surface area contributed by atoms with Crippen molar-refractivity contribution in [2.45, 2.75) is 25.7 Å². The van der Waals surface area contributed by atoms with Gasteiger partial charge in [-0.05, 0) is 41.3 Å². The van der Waals surface area contributed by atoms with Crippen LogP contribution in [-0.4, -0.2) is 74.8 Å². The molecule has 0 atom stereocenters. The zero-order valence-corrected chi connectivity index (χ0v) is 19.1. The van der Waals surface area contributed by atoms with Gasteiger partial charge in [0.2, 0.25) is 0 Å². The molecule has 0 aromatic heterocycles. The third kappa shape index (κ3) is 8.07. The maximum atomic E-state index is 9.50. The number of ether oxygens (including phenoxy) is 4. The topological polar surface area (TPSA) is 97.6 Å². The molecule has 3 N–H and O–H groups in total. The first-order valence-electron chi connectivity index (χ1n) is 11.0. The molecule has 2 aromatic carbocycles. The Balaban J connectivity index is 2.05. The van der Waals surface area contributed by atoms with Crippen molar-refractivity contribution in [1.82, 2.24) is 0 Å². The second-order valence-corrected chi connectivity index (χ2v) is 7.81. The van der Waals surface area contributed by atoms with Crippen LogP contribution >= 0.6 is 0 Å².